The molecule has 3 heterocycles. The minimum absolute atomic E-state index is 0.0294. The number of carbonyl (C=O) groups is 1. The van der Waals surface area contributed by atoms with Gasteiger partial charge in [-0.15, -0.1) is 0 Å². The molecular formula is C17H17N5O. The molecule has 0 unspecified atom stereocenters. The van der Waals surface area contributed by atoms with E-state index in [1.165, 1.54) is 5.69 Å². The van der Waals surface area contributed by atoms with Crippen molar-refractivity contribution in [2.45, 2.75) is 0 Å². The Balaban J connectivity index is 1.46. The summed E-state index contributed by atoms with van der Waals surface area (Å²) in [5.41, 5.74) is 3.24. The van der Waals surface area contributed by atoms with Crippen LogP contribution in [0, 0.1) is 0 Å². The number of anilines is 1. The first-order valence-corrected chi connectivity index (χ1v) is 7.70. The lowest BCUT2D eigenvalue weighted by molar-refractivity contribution is 0.0746. The predicted octanol–water partition coefficient (Wildman–Crippen LogP) is 1.92. The van der Waals surface area contributed by atoms with E-state index in [-0.39, 0.29) is 5.91 Å². The average Bonchev–Trinajstić information content (AvgIpc) is 3.10. The molecule has 1 amide bonds. The van der Waals surface area contributed by atoms with Crippen LogP contribution in [0.25, 0.3) is 11.2 Å². The maximum Gasteiger partial charge on any atom is 0.255 e. The lowest BCUT2D eigenvalue weighted by Gasteiger charge is -2.36. The number of fused-ring (bicyclic) bond motifs is 1. The Morgan fingerprint density at radius 2 is 1.83 bits per heavy atom. The van der Waals surface area contributed by atoms with Gasteiger partial charge in [0.15, 0.2) is 5.65 Å². The van der Waals surface area contributed by atoms with Gasteiger partial charge in [-0.2, -0.15) is 0 Å². The van der Waals surface area contributed by atoms with E-state index in [1.807, 2.05) is 29.2 Å². The summed E-state index contributed by atoms with van der Waals surface area (Å²) in [7, 11) is 0. The van der Waals surface area contributed by atoms with Crippen LogP contribution >= 0.6 is 0 Å². The number of amides is 1. The Morgan fingerprint density at radius 3 is 2.61 bits per heavy atom. The van der Waals surface area contributed by atoms with Crippen LogP contribution in [-0.4, -0.2) is 51.9 Å². The molecule has 1 aliphatic heterocycles. The highest BCUT2D eigenvalue weighted by molar-refractivity contribution is 5.96. The lowest BCUT2D eigenvalue weighted by atomic mass is 10.2. The molecule has 4 rings (SSSR count). The minimum Gasteiger partial charge on any atom is -0.368 e. The maximum absolute atomic E-state index is 12.6. The molecule has 1 fully saturated rings. The number of aromatic amines is 1. The van der Waals surface area contributed by atoms with Gasteiger partial charge in [0, 0.05) is 38.1 Å². The fraction of sp³-hybridized carbons (Fsp3) is 0.235. The Labute approximate surface area is 133 Å². The van der Waals surface area contributed by atoms with Crippen LogP contribution in [-0.2, 0) is 0 Å². The topological polar surface area (TPSA) is 65.1 Å². The monoisotopic (exact) mass is 307 g/mol. The normalized spacial score (nSPS) is 15.1. The third-order valence-corrected chi connectivity index (χ3v) is 4.21. The van der Waals surface area contributed by atoms with E-state index in [0.29, 0.717) is 11.2 Å². The summed E-state index contributed by atoms with van der Waals surface area (Å²) in [5.74, 6) is 0.0294. The Kier molecular flexibility index (Phi) is 3.42. The van der Waals surface area contributed by atoms with Gasteiger partial charge >= 0.3 is 0 Å². The molecule has 1 aromatic carbocycles. The number of piperazine rings is 1. The van der Waals surface area contributed by atoms with E-state index in [2.05, 4.69) is 32.0 Å². The minimum atomic E-state index is 0.0294. The number of nitrogens with one attached hydrogen (secondary N) is 1. The number of pyridine rings is 1. The third kappa shape index (κ3) is 2.63. The van der Waals surface area contributed by atoms with Crippen LogP contribution in [0.2, 0.25) is 0 Å². The fourth-order valence-corrected chi connectivity index (χ4v) is 2.94. The highest BCUT2D eigenvalue weighted by atomic mass is 16.2. The number of H-pyrrole nitrogens is 1. The van der Waals surface area contributed by atoms with Crippen molar-refractivity contribution in [3.05, 3.63) is 54.5 Å². The first-order chi connectivity index (χ1) is 11.3. The molecule has 0 saturated carbocycles. The second kappa shape index (κ2) is 5.72. The third-order valence-electron chi connectivity index (χ3n) is 4.21. The number of aromatic nitrogens is 3. The van der Waals surface area contributed by atoms with Crippen LogP contribution in [0.15, 0.2) is 48.9 Å². The van der Waals surface area contributed by atoms with Gasteiger partial charge < -0.3 is 14.8 Å². The van der Waals surface area contributed by atoms with Gasteiger partial charge in [0.2, 0.25) is 0 Å². The zero-order valence-corrected chi connectivity index (χ0v) is 12.6. The number of hydrogen-bond donors (Lipinski definition) is 1. The molecule has 0 atom stereocenters. The van der Waals surface area contributed by atoms with Crippen molar-refractivity contribution in [3.63, 3.8) is 0 Å². The molecule has 6 nitrogen and oxygen atoms in total. The Bertz CT molecular complexity index is 821. The molecule has 3 aromatic rings. The molecule has 0 aliphatic carbocycles. The standard InChI is InChI=1S/C17H17N5O/c23-17(13-10-15-16(18-11-13)20-12-19-15)22-8-6-21(7-9-22)14-4-2-1-3-5-14/h1-5,10-12H,6-9H2,(H,18,19,20). The van der Waals surface area contributed by atoms with Crippen molar-refractivity contribution in [1.29, 1.82) is 0 Å². The van der Waals surface area contributed by atoms with Crippen molar-refractivity contribution in [3.8, 4) is 0 Å². The summed E-state index contributed by atoms with van der Waals surface area (Å²) in [4.78, 5) is 28.1. The fourth-order valence-electron chi connectivity index (χ4n) is 2.94. The Morgan fingerprint density at radius 1 is 1.04 bits per heavy atom. The number of carbonyl (C=O) groups excluding carboxylic acids is 1. The molecule has 23 heavy (non-hydrogen) atoms. The number of benzene rings is 1. The summed E-state index contributed by atoms with van der Waals surface area (Å²) in [6.07, 6.45) is 3.19. The number of nitrogens with zero attached hydrogens (tertiary/aromatic N) is 4. The van der Waals surface area contributed by atoms with E-state index >= 15 is 0 Å². The van der Waals surface area contributed by atoms with E-state index in [1.54, 1.807) is 12.5 Å². The number of rotatable bonds is 2. The van der Waals surface area contributed by atoms with Gasteiger partial charge in [0.1, 0.15) is 0 Å². The molecule has 116 valence electrons. The van der Waals surface area contributed by atoms with Gasteiger partial charge in [-0.1, -0.05) is 18.2 Å². The highest BCUT2D eigenvalue weighted by Crippen LogP contribution is 2.17. The zero-order chi connectivity index (χ0) is 15.6. The molecule has 1 aliphatic rings. The molecular weight excluding hydrogens is 290 g/mol. The lowest BCUT2D eigenvalue weighted by Crippen LogP contribution is -2.48. The number of hydrogen-bond acceptors (Lipinski definition) is 4. The van der Waals surface area contributed by atoms with Crippen molar-refractivity contribution >= 4 is 22.8 Å². The summed E-state index contributed by atoms with van der Waals surface area (Å²) in [6.45, 7) is 3.12. The molecule has 6 heteroatoms. The maximum atomic E-state index is 12.6. The van der Waals surface area contributed by atoms with Crippen LogP contribution in [0.3, 0.4) is 0 Å². The molecule has 1 N–H and O–H groups in total. The summed E-state index contributed by atoms with van der Waals surface area (Å²) in [5, 5.41) is 0. The van der Waals surface area contributed by atoms with E-state index in [4.69, 9.17) is 0 Å². The highest BCUT2D eigenvalue weighted by Gasteiger charge is 2.22. The first-order valence-electron chi connectivity index (χ1n) is 7.70. The van der Waals surface area contributed by atoms with E-state index in [9.17, 15) is 4.79 Å². The summed E-state index contributed by atoms with van der Waals surface area (Å²) in [6, 6.07) is 12.1. The van der Waals surface area contributed by atoms with Gasteiger partial charge in [-0.3, -0.25) is 4.79 Å². The molecule has 0 spiro atoms. The largest absolute Gasteiger partial charge is 0.368 e. The van der Waals surface area contributed by atoms with Gasteiger partial charge in [-0.25, -0.2) is 9.97 Å². The molecule has 0 bridgehead atoms. The van der Waals surface area contributed by atoms with Gasteiger partial charge in [0.05, 0.1) is 17.4 Å². The van der Waals surface area contributed by atoms with Crippen molar-refractivity contribution < 1.29 is 4.79 Å². The van der Waals surface area contributed by atoms with Gasteiger partial charge in [0.25, 0.3) is 5.91 Å². The quantitative estimate of drug-likeness (QED) is 0.785. The van der Waals surface area contributed by atoms with Crippen molar-refractivity contribution in [2.24, 2.45) is 0 Å². The SMILES string of the molecule is O=C(c1cnc2nc[nH]c2c1)N1CCN(c2ccccc2)CC1. The van der Waals surface area contributed by atoms with Crippen molar-refractivity contribution in [1.82, 2.24) is 19.9 Å². The van der Waals surface area contributed by atoms with Crippen LogP contribution in [0.5, 0.6) is 0 Å². The van der Waals surface area contributed by atoms with Crippen LogP contribution < -0.4 is 4.90 Å². The second-order valence-electron chi connectivity index (χ2n) is 5.61. The Hall–Kier alpha value is -2.89. The van der Waals surface area contributed by atoms with Crippen molar-refractivity contribution in [2.75, 3.05) is 31.1 Å². The summed E-state index contributed by atoms with van der Waals surface area (Å²) >= 11 is 0. The summed E-state index contributed by atoms with van der Waals surface area (Å²) < 4.78 is 0. The molecule has 1 saturated heterocycles. The van der Waals surface area contributed by atoms with Crippen LogP contribution in [0.4, 0.5) is 5.69 Å². The zero-order valence-electron chi connectivity index (χ0n) is 12.6. The number of para-hydroxylation sites is 1. The predicted molar refractivity (Wildman–Crippen MR) is 88.4 cm³/mol. The number of imidazole rings is 1. The average molecular weight is 307 g/mol. The smallest absolute Gasteiger partial charge is 0.255 e. The first kappa shape index (κ1) is 13.8. The van der Waals surface area contributed by atoms with Gasteiger partial charge in [-0.05, 0) is 18.2 Å². The van der Waals surface area contributed by atoms with Crippen LogP contribution in [0.1, 0.15) is 10.4 Å². The van der Waals surface area contributed by atoms with E-state index in [0.717, 1.165) is 31.7 Å². The second-order valence-corrected chi connectivity index (χ2v) is 5.61. The molecule has 0 radical (unpaired) electrons. The molecule has 2 aromatic heterocycles. The van der Waals surface area contributed by atoms with E-state index < -0.39 is 0 Å².